The molecule has 1 unspecified atom stereocenters. The topological polar surface area (TPSA) is 18.5 Å². The first-order valence-corrected chi connectivity index (χ1v) is 15.7. The molecular formula is C43H36O2. The molecule has 0 amide bonds. The average Bonchev–Trinajstić information content (AvgIpc) is 3.49. The molecule has 2 nitrogen and oxygen atoms in total. The third-order valence-corrected chi connectivity index (χ3v) is 10.2. The first-order chi connectivity index (χ1) is 21.8. The van der Waals surface area contributed by atoms with Gasteiger partial charge in [-0.1, -0.05) is 102 Å². The number of ether oxygens (including phenoxy) is 2. The molecule has 0 aliphatic heterocycles. The van der Waals surface area contributed by atoms with Crippen molar-refractivity contribution in [3.63, 3.8) is 0 Å². The molecule has 0 saturated carbocycles. The van der Waals surface area contributed by atoms with E-state index in [1.807, 2.05) is 0 Å². The molecule has 0 bridgehead atoms. The van der Waals surface area contributed by atoms with Crippen LogP contribution in [-0.2, 0) is 5.41 Å². The fraction of sp³-hybridized carbons (Fsp3) is 0.163. The fourth-order valence-corrected chi connectivity index (χ4v) is 7.71. The average molecular weight is 585 g/mol. The van der Waals surface area contributed by atoms with Crippen molar-refractivity contribution in [3.05, 3.63) is 154 Å². The fourth-order valence-electron chi connectivity index (χ4n) is 7.71. The summed E-state index contributed by atoms with van der Waals surface area (Å²) in [6, 6.07) is 40.9. The molecule has 0 fully saturated rings. The van der Waals surface area contributed by atoms with E-state index in [9.17, 15) is 0 Å². The molecule has 0 radical (unpaired) electrons. The van der Waals surface area contributed by atoms with Gasteiger partial charge >= 0.3 is 0 Å². The minimum atomic E-state index is -0.475. The maximum absolute atomic E-state index is 5.93. The molecule has 45 heavy (non-hydrogen) atoms. The lowest BCUT2D eigenvalue weighted by Crippen LogP contribution is -2.26. The van der Waals surface area contributed by atoms with E-state index in [4.69, 9.17) is 9.47 Å². The van der Waals surface area contributed by atoms with E-state index in [-0.39, 0.29) is 0 Å². The Hall–Kier alpha value is -5.08. The van der Waals surface area contributed by atoms with Gasteiger partial charge in [0, 0.05) is 0 Å². The highest BCUT2D eigenvalue weighted by atomic mass is 16.5. The Morgan fingerprint density at radius 3 is 1.49 bits per heavy atom. The zero-order valence-electron chi connectivity index (χ0n) is 26.7. The molecule has 0 saturated heterocycles. The monoisotopic (exact) mass is 584 g/mol. The SMILES string of the molecule is COc1cc2c(cc1OC)C1(c3cc(C)ccc3-2)c2cc(-c3ccc(-c4ccc(C)cc4)cc3)ccc2-c2cc(C)c(C)cc21. The quantitative estimate of drug-likeness (QED) is 0.205. The van der Waals surface area contributed by atoms with Crippen molar-refractivity contribution >= 4 is 0 Å². The molecule has 2 aliphatic carbocycles. The molecule has 2 aliphatic rings. The first-order valence-electron chi connectivity index (χ1n) is 15.7. The number of rotatable bonds is 4. The molecule has 6 aromatic carbocycles. The van der Waals surface area contributed by atoms with E-state index in [1.54, 1.807) is 14.2 Å². The van der Waals surface area contributed by atoms with Gasteiger partial charge in [0.2, 0.25) is 0 Å². The highest BCUT2D eigenvalue weighted by Gasteiger charge is 2.52. The van der Waals surface area contributed by atoms with E-state index in [2.05, 4.69) is 137 Å². The lowest BCUT2D eigenvalue weighted by Gasteiger charge is -2.31. The minimum Gasteiger partial charge on any atom is -0.493 e. The van der Waals surface area contributed by atoms with E-state index in [0.29, 0.717) is 0 Å². The number of aryl methyl sites for hydroxylation is 4. The van der Waals surface area contributed by atoms with E-state index in [0.717, 1.165) is 11.5 Å². The van der Waals surface area contributed by atoms with Crippen molar-refractivity contribution in [3.8, 4) is 56.0 Å². The smallest absolute Gasteiger partial charge is 0.161 e. The number of fused-ring (bicyclic) bond motifs is 10. The lowest BCUT2D eigenvalue weighted by atomic mass is 9.69. The van der Waals surface area contributed by atoms with E-state index < -0.39 is 5.41 Å². The van der Waals surface area contributed by atoms with Crippen LogP contribution in [0.2, 0.25) is 0 Å². The Morgan fingerprint density at radius 2 is 0.822 bits per heavy atom. The van der Waals surface area contributed by atoms with E-state index in [1.165, 1.54) is 89.0 Å². The first kappa shape index (κ1) is 27.5. The van der Waals surface area contributed by atoms with Gasteiger partial charge < -0.3 is 9.47 Å². The Balaban J connectivity index is 1.40. The standard InChI is InChI=1S/C43H36O2/c1-25-7-10-29(11-8-25)30-12-14-31(15-13-30)32-16-18-34-35-20-27(3)28(4)21-38(35)43(39(34)22-32)37-19-26(2)9-17-33(37)36-23-41(44-5)42(45-6)24-40(36)43/h7-24H,1-6H3. The third kappa shape index (κ3) is 3.88. The van der Waals surface area contributed by atoms with Crippen molar-refractivity contribution < 1.29 is 9.47 Å². The predicted octanol–water partition coefficient (Wildman–Crippen LogP) is 10.6. The number of benzene rings is 6. The van der Waals surface area contributed by atoms with Gasteiger partial charge in [-0.2, -0.15) is 0 Å². The van der Waals surface area contributed by atoms with Gasteiger partial charge in [-0.25, -0.2) is 0 Å². The van der Waals surface area contributed by atoms with Crippen LogP contribution in [0.4, 0.5) is 0 Å². The van der Waals surface area contributed by atoms with Gasteiger partial charge in [-0.05, 0) is 124 Å². The highest BCUT2D eigenvalue weighted by molar-refractivity contribution is 5.97. The van der Waals surface area contributed by atoms with Gasteiger partial charge in [0.15, 0.2) is 11.5 Å². The molecular weight excluding hydrogens is 548 g/mol. The summed E-state index contributed by atoms with van der Waals surface area (Å²) in [6.07, 6.45) is 0. The second-order valence-electron chi connectivity index (χ2n) is 12.7. The second kappa shape index (κ2) is 9.97. The zero-order chi connectivity index (χ0) is 31.0. The summed E-state index contributed by atoms with van der Waals surface area (Å²) in [6.45, 7) is 8.78. The van der Waals surface area contributed by atoms with Crippen LogP contribution in [0, 0.1) is 27.7 Å². The van der Waals surface area contributed by atoms with Crippen LogP contribution in [0.15, 0.2) is 109 Å². The van der Waals surface area contributed by atoms with Crippen LogP contribution >= 0.6 is 0 Å². The minimum absolute atomic E-state index is 0.475. The summed E-state index contributed by atoms with van der Waals surface area (Å²) in [7, 11) is 3.44. The summed E-state index contributed by atoms with van der Waals surface area (Å²) < 4.78 is 11.8. The Bertz CT molecular complexity index is 2150. The van der Waals surface area contributed by atoms with Gasteiger partial charge in [0.05, 0.1) is 19.6 Å². The van der Waals surface area contributed by atoms with Crippen LogP contribution in [0.25, 0.3) is 44.5 Å². The molecule has 8 rings (SSSR count). The van der Waals surface area contributed by atoms with Crippen molar-refractivity contribution in [2.75, 3.05) is 14.2 Å². The largest absolute Gasteiger partial charge is 0.493 e. The maximum atomic E-state index is 5.93. The van der Waals surface area contributed by atoms with E-state index >= 15 is 0 Å². The van der Waals surface area contributed by atoms with Crippen LogP contribution < -0.4 is 9.47 Å². The van der Waals surface area contributed by atoms with Gasteiger partial charge in [-0.3, -0.25) is 0 Å². The Kier molecular flexibility index (Phi) is 6.09. The molecule has 2 heteroatoms. The number of methoxy groups -OCH3 is 2. The molecule has 0 N–H and O–H groups in total. The Labute approximate surface area is 265 Å². The summed E-state index contributed by atoms with van der Waals surface area (Å²) in [5.41, 5.74) is 19.8. The predicted molar refractivity (Wildman–Crippen MR) is 186 cm³/mol. The molecule has 6 aromatic rings. The van der Waals surface area contributed by atoms with Crippen LogP contribution in [0.3, 0.4) is 0 Å². The summed E-state index contributed by atoms with van der Waals surface area (Å²) >= 11 is 0. The molecule has 0 aromatic heterocycles. The summed E-state index contributed by atoms with van der Waals surface area (Å²) in [5.74, 6) is 1.50. The van der Waals surface area contributed by atoms with Crippen molar-refractivity contribution in [1.29, 1.82) is 0 Å². The molecule has 1 atom stereocenters. The number of hydrogen-bond acceptors (Lipinski definition) is 2. The second-order valence-corrected chi connectivity index (χ2v) is 12.7. The molecule has 0 heterocycles. The van der Waals surface area contributed by atoms with Gasteiger partial charge in [0.25, 0.3) is 0 Å². The summed E-state index contributed by atoms with van der Waals surface area (Å²) in [4.78, 5) is 0. The highest BCUT2D eigenvalue weighted by Crippen LogP contribution is 2.64. The van der Waals surface area contributed by atoms with Crippen molar-refractivity contribution in [2.24, 2.45) is 0 Å². The Morgan fingerprint density at radius 1 is 0.378 bits per heavy atom. The van der Waals surface area contributed by atoms with Crippen molar-refractivity contribution in [2.45, 2.75) is 33.1 Å². The zero-order valence-corrected chi connectivity index (χ0v) is 26.7. The molecule has 1 spiro atoms. The van der Waals surface area contributed by atoms with Gasteiger partial charge in [0.1, 0.15) is 0 Å². The normalized spacial score (nSPS) is 15.4. The maximum Gasteiger partial charge on any atom is 0.161 e. The third-order valence-electron chi connectivity index (χ3n) is 10.2. The number of hydrogen-bond donors (Lipinski definition) is 0. The molecule has 220 valence electrons. The summed E-state index contributed by atoms with van der Waals surface area (Å²) in [5, 5.41) is 0. The van der Waals surface area contributed by atoms with Crippen LogP contribution in [0.5, 0.6) is 11.5 Å². The van der Waals surface area contributed by atoms with Gasteiger partial charge in [-0.15, -0.1) is 0 Å². The van der Waals surface area contributed by atoms with Crippen LogP contribution in [0.1, 0.15) is 44.5 Å². The van der Waals surface area contributed by atoms with Crippen LogP contribution in [-0.4, -0.2) is 14.2 Å². The van der Waals surface area contributed by atoms with Crippen molar-refractivity contribution in [1.82, 2.24) is 0 Å². The lowest BCUT2D eigenvalue weighted by molar-refractivity contribution is 0.354.